The average molecular weight is 284 g/mol. The molecule has 2 aromatic rings. The Hall–Kier alpha value is -2.01. The molecule has 3 aliphatic rings. The molecular weight excluding hydrogens is 267 g/mol. The van der Waals surface area contributed by atoms with Gasteiger partial charge in [-0.25, -0.2) is 9.37 Å². The first-order chi connectivity index (χ1) is 10.3. The van der Waals surface area contributed by atoms with Crippen LogP contribution in [0.5, 0.6) is 0 Å². The summed E-state index contributed by atoms with van der Waals surface area (Å²) in [6.07, 6.45) is 6.47. The number of hydrogen-bond acceptors (Lipinski definition) is 4. The second-order valence-electron chi connectivity index (χ2n) is 5.81. The van der Waals surface area contributed by atoms with E-state index >= 15 is 0 Å². The van der Waals surface area contributed by atoms with E-state index in [0.717, 1.165) is 26.1 Å². The fourth-order valence-corrected chi connectivity index (χ4v) is 3.49. The van der Waals surface area contributed by atoms with Crippen molar-refractivity contribution in [3.63, 3.8) is 0 Å². The van der Waals surface area contributed by atoms with Gasteiger partial charge >= 0.3 is 0 Å². The van der Waals surface area contributed by atoms with Crippen LogP contribution in [-0.2, 0) is 6.54 Å². The zero-order valence-electron chi connectivity index (χ0n) is 11.7. The third kappa shape index (κ3) is 2.27. The number of fused-ring (bicyclic) bond motifs is 2. The topological polar surface area (TPSA) is 32.3 Å². The summed E-state index contributed by atoms with van der Waals surface area (Å²) in [4.78, 5) is 12.9. The van der Waals surface area contributed by atoms with E-state index in [9.17, 15) is 4.39 Å². The van der Waals surface area contributed by atoms with E-state index in [4.69, 9.17) is 0 Å². The summed E-state index contributed by atoms with van der Waals surface area (Å²) >= 11 is 0. The Kier molecular flexibility index (Phi) is 3.07. The van der Waals surface area contributed by atoms with Crippen molar-refractivity contribution < 1.29 is 4.39 Å². The molecule has 2 aromatic heterocycles. The van der Waals surface area contributed by atoms with Gasteiger partial charge in [0, 0.05) is 50.3 Å². The summed E-state index contributed by atoms with van der Waals surface area (Å²) in [6, 6.07) is 8.01. The van der Waals surface area contributed by atoms with Crippen molar-refractivity contribution in [2.45, 2.75) is 25.0 Å². The first-order valence-electron chi connectivity index (χ1n) is 7.31. The molecule has 3 fully saturated rings. The lowest BCUT2D eigenvalue weighted by molar-refractivity contribution is 0.107. The standard InChI is InChI=1S/C16H17FN4/c17-15-2-1-5-19-16(15)21-13-8-14(21)11-20(10-13)9-12-3-6-18-7-4-12/h1-7,13-14H,8-11H2. The Morgan fingerprint density at radius 1 is 1.10 bits per heavy atom. The monoisotopic (exact) mass is 284 g/mol. The smallest absolute Gasteiger partial charge is 0.165 e. The molecule has 2 bridgehead atoms. The quantitative estimate of drug-likeness (QED) is 0.864. The van der Waals surface area contributed by atoms with E-state index in [1.54, 1.807) is 12.3 Å². The van der Waals surface area contributed by atoms with Gasteiger partial charge in [0.2, 0.25) is 0 Å². The molecule has 2 atom stereocenters. The molecule has 0 radical (unpaired) electrons. The maximum Gasteiger partial charge on any atom is 0.165 e. The molecule has 4 nitrogen and oxygen atoms in total. The van der Waals surface area contributed by atoms with E-state index in [-0.39, 0.29) is 5.82 Å². The number of halogens is 1. The molecule has 108 valence electrons. The van der Waals surface area contributed by atoms with Crippen molar-refractivity contribution >= 4 is 5.82 Å². The third-order valence-electron chi connectivity index (χ3n) is 4.41. The highest BCUT2D eigenvalue weighted by Gasteiger charge is 2.45. The van der Waals surface area contributed by atoms with Crippen LogP contribution in [0.2, 0.25) is 0 Å². The molecule has 3 saturated heterocycles. The number of anilines is 1. The van der Waals surface area contributed by atoms with Gasteiger partial charge in [0.15, 0.2) is 11.6 Å². The Balaban J connectivity index is 1.46. The summed E-state index contributed by atoms with van der Waals surface area (Å²) in [5, 5.41) is 0. The van der Waals surface area contributed by atoms with Gasteiger partial charge < -0.3 is 4.90 Å². The van der Waals surface area contributed by atoms with Crippen LogP contribution in [0.1, 0.15) is 12.0 Å². The predicted octanol–water partition coefficient (Wildman–Crippen LogP) is 2.08. The van der Waals surface area contributed by atoms with Crippen LogP contribution in [0.15, 0.2) is 42.9 Å². The van der Waals surface area contributed by atoms with Crippen LogP contribution in [0.4, 0.5) is 10.2 Å². The number of piperidine rings is 1. The number of nitrogens with zero attached hydrogens (tertiary/aromatic N) is 4. The van der Waals surface area contributed by atoms with Crippen LogP contribution in [0.25, 0.3) is 0 Å². The lowest BCUT2D eigenvalue weighted by Gasteiger charge is -2.57. The highest BCUT2D eigenvalue weighted by Crippen LogP contribution is 2.37. The minimum atomic E-state index is -0.213. The van der Waals surface area contributed by atoms with Crippen LogP contribution < -0.4 is 4.90 Å². The predicted molar refractivity (Wildman–Crippen MR) is 78.4 cm³/mol. The molecule has 5 rings (SSSR count). The summed E-state index contributed by atoms with van der Waals surface area (Å²) < 4.78 is 13.9. The molecule has 0 amide bonds. The fourth-order valence-electron chi connectivity index (χ4n) is 3.49. The Morgan fingerprint density at radius 2 is 1.86 bits per heavy atom. The van der Waals surface area contributed by atoms with E-state index in [1.807, 2.05) is 12.4 Å². The molecule has 5 heteroatoms. The van der Waals surface area contributed by atoms with Crippen molar-refractivity contribution in [1.29, 1.82) is 0 Å². The molecule has 0 spiro atoms. The molecule has 0 saturated carbocycles. The summed E-state index contributed by atoms with van der Waals surface area (Å²) in [6.45, 7) is 2.87. The third-order valence-corrected chi connectivity index (χ3v) is 4.41. The molecule has 2 unspecified atom stereocenters. The number of hydrogen-bond donors (Lipinski definition) is 0. The van der Waals surface area contributed by atoms with Crippen molar-refractivity contribution in [3.8, 4) is 0 Å². The highest BCUT2D eigenvalue weighted by molar-refractivity contribution is 5.47. The van der Waals surface area contributed by atoms with Gasteiger partial charge in [0.1, 0.15) is 0 Å². The van der Waals surface area contributed by atoms with Crippen LogP contribution in [0.3, 0.4) is 0 Å². The lowest BCUT2D eigenvalue weighted by Crippen LogP contribution is -2.69. The maximum atomic E-state index is 13.9. The molecule has 0 N–H and O–H groups in total. The first kappa shape index (κ1) is 12.7. The van der Waals surface area contributed by atoms with E-state index in [2.05, 4.69) is 31.9 Å². The van der Waals surface area contributed by atoms with Gasteiger partial charge in [0.05, 0.1) is 0 Å². The fraction of sp³-hybridized carbons (Fsp3) is 0.375. The zero-order chi connectivity index (χ0) is 14.2. The lowest BCUT2D eigenvalue weighted by atomic mass is 9.87. The van der Waals surface area contributed by atoms with Gasteiger partial charge in [0.25, 0.3) is 0 Å². The SMILES string of the molecule is Fc1cccnc1N1C2CC1CN(Cc1ccncc1)C2. The van der Waals surface area contributed by atoms with E-state index in [0.29, 0.717) is 17.9 Å². The number of rotatable bonds is 3. The largest absolute Gasteiger partial charge is 0.345 e. The molecule has 5 heterocycles. The minimum absolute atomic E-state index is 0.213. The first-order valence-corrected chi connectivity index (χ1v) is 7.31. The van der Waals surface area contributed by atoms with E-state index < -0.39 is 0 Å². The van der Waals surface area contributed by atoms with Gasteiger partial charge in [-0.2, -0.15) is 0 Å². The van der Waals surface area contributed by atoms with Gasteiger partial charge in [-0.15, -0.1) is 0 Å². The second kappa shape index (κ2) is 5.07. The van der Waals surface area contributed by atoms with Crippen molar-refractivity contribution in [2.75, 3.05) is 18.0 Å². The highest BCUT2D eigenvalue weighted by atomic mass is 19.1. The Morgan fingerprint density at radius 3 is 2.57 bits per heavy atom. The van der Waals surface area contributed by atoms with Crippen LogP contribution in [-0.4, -0.2) is 40.0 Å². The summed E-state index contributed by atoms with van der Waals surface area (Å²) in [5.41, 5.74) is 1.28. The molecule has 3 aliphatic heterocycles. The molecule has 0 aliphatic carbocycles. The van der Waals surface area contributed by atoms with Gasteiger partial charge in [-0.05, 0) is 36.2 Å². The van der Waals surface area contributed by atoms with Crippen molar-refractivity contribution in [2.24, 2.45) is 0 Å². The average Bonchev–Trinajstić information content (AvgIpc) is 2.50. The zero-order valence-corrected chi connectivity index (χ0v) is 11.7. The summed E-state index contributed by atoms with van der Waals surface area (Å²) in [7, 11) is 0. The number of piperazine rings is 1. The maximum absolute atomic E-state index is 13.9. The van der Waals surface area contributed by atoms with E-state index in [1.165, 1.54) is 11.6 Å². The van der Waals surface area contributed by atoms with Gasteiger partial charge in [-0.3, -0.25) is 9.88 Å². The Labute approximate surface area is 123 Å². The minimum Gasteiger partial charge on any atom is -0.345 e. The number of pyridine rings is 2. The van der Waals surface area contributed by atoms with Crippen LogP contribution in [0, 0.1) is 5.82 Å². The molecule has 0 aromatic carbocycles. The van der Waals surface area contributed by atoms with Crippen molar-refractivity contribution in [1.82, 2.24) is 14.9 Å². The van der Waals surface area contributed by atoms with Crippen LogP contribution >= 0.6 is 0 Å². The molecular formula is C16H17FN4. The van der Waals surface area contributed by atoms with Crippen molar-refractivity contribution in [3.05, 3.63) is 54.2 Å². The molecule has 21 heavy (non-hydrogen) atoms. The van der Waals surface area contributed by atoms with Gasteiger partial charge in [-0.1, -0.05) is 0 Å². The Bertz CT molecular complexity index is 621. The number of aromatic nitrogens is 2. The summed E-state index contributed by atoms with van der Waals surface area (Å²) in [5.74, 6) is 0.303. The normalized spacial score (nSPS) is 24.7. The second-order valence-corrected chi connectivity index (χ2v) is 5.81.